The number of pyridine rings is 1. The number of carbonyl (C=O) groups is 1. The van der Waals surface area contributed by atoms with Crippen LogP contribution in [0.3, 0.4) is 0 Å². The third-order valence-corrected chi connectivity index (χ3v) is 6.06. The summed E-state index contributed by atoms with van der Waals surface area (Å²) in [5, 5.41) is 0. The lowest BCUT2D eigenvalue weighted by Crippen LogP contribution is -2.47. The van der Waals surface area contributed by atoms with Gasteiger partial charge in [-0.25, -0.2) is 9.97 Å². The van der Waals surface area contributed by atoms with E-state index < -0.39 is 0 Å². The average Bonchev–Trinajstić information content (AvgIpc) is 3.30. The fourth-order valence-corrected chi connectivity index (χ4v) is 4.15. The number of imidazole rings is 1. The number of H-pyrrole nitrogens is 1. The molecule has 2 aromatic carbocycles. The summed E-state index contributed by atoms with van der Waals surface area (Å²) in [4.78, 5) is 29.6. The molecule has 1 fully saturated rings. The van der Waals surface area contributed by atoms with E-state index in [0.717, 1.165) is 60.0 Å². The number of hydrogen-bond acceptors (Lipinski definition) is 5. The number of piperazine rings is 1. The molecule has 3 heterocycles. The Balaban J connectivity index is 1.40. The Bertz CT molecular complexity index is 1260. The lowest BCUT2D eigenvalue weighted by Gasteiger charge is -2.32. The Morgan fingerprint density at radius 2 is 1.67 bits per heavy atom. The molecule has 0 aliphatic carbocycles. The smallest absolute Gasteiger partial charge is 0.253 e. The molecule has 7 heteroatoms. The number of amides is 1. The molecule has 4 aromatic rings. The van der Waals surface area contributed by atoms with E-state index in [9.17, 15) is 4.79 Å². The van der Waals surface area contributed by atoms with Gasteiger partial charge in [-0.3, -0.25) is 4.79 Å². The van der Waals surface area contributed by atoms with Crippen LogP contribution in [-0.4, -0.2) is 70.5 Å². The summed E-state index contributed by atoms with van der Waals surface area (Å²) in [6.07, 6.45) is 1.77. The molecule has 168 valence electrons. The van der Waals surface area contributed by atoms with Gasteiger partial charge in [-0.1, -0.05) is 24.3 Å². The molecule has 0 bridgehead atoms. The third kappa shape index (κ3) is 4.32. The molecule has 1 aliphatic rings. The van der Waals surface area contributed by atoms with Gasteiger partial charge in [0, 0.05) is 49.1 Å². The zero-order valence-electron chi connectivity index (χ0n) is 18.9. The van der Waals surface area contributed by atoms with Crippen molar-refractivity contribution in [3.05, 3.63) is 66.4 Å². The first kappa shape index (κ1) is 21.2. The number of carbonyl (C=O) groups excluding carboxylic acids is 1. The van der Waals surface area contributed by atoms with E-state index in [4.69, 9.17) is 9.72 Å². The van der Waals surface area contributed by atoms with E-state index in [1.54, 1.807) is 6.20 Å². The summed E-state index contributed by atoms with van der Waals surface area (Å²) in [6, 6.07) is 17.6. The second kappa shape index (κ2) is 9.03. The minimum Gasteiger partial charge on any atom is -0.494 e. The molecule has 1 aliphatic heterocycles. The molecule has 0 saturated carbocycles. The number of likely N-dealkylation sites (N-methyl/N-ethyl adjacent to an activating group) is 1. The molecule has 0 spiro atoms. The predicted molar refractivity (Wildman–Crippen MR) is 129 cm³/mol. The zero-order chi connectivity index (χ0) is 22.8. The Kier molecular flexibility index (Phi) is 5.79. The van der Waals surface area contributed by atoms with Crippen LogP contribution in [0.1, 0.15) is 17.3 Å². The van der Waals surface area contributed by atoms with Crippen molar-refractivity contribution in [2.24, 2.45) is 0 Å². The average molecular weight is 442 g/mol. The van der Waals surface area contributed by atoms with Crippen molar-refractivity contribution in [3.8, 4) is 28.3 Å². The van der Waals surface area contributed by atoms with Crippen LogP contribution >= 0.6 is 0 Å². The molecular weight excluding hydrogens is 414 g/mol. The minimum atomic E-state index is 0.0821. The Hall–Kier alpha value is -3.71. The first-order chi connectivity index (χ1) is 16.1. The monoisotopic (exact) mass is 441 g/mol. The van der Waals surface area contributed by atoms with Gasteiger partial charge in [-0.2, -0.15) is 0 Å². The molecule has 1 N–H and O–H groups in total. The van der Waals surface area contributed by atoms with Crippen LogP contribution < -0.4 is 4.74 Å². The van der Waals surface area contributed by atoms with Crippen molar-refractivity contribution in [1.82, 2.24) is 24.8 Å². The SMILES string of the molecule is CCOc1ccc(-c2ccnc3nc(-c4ccc(C(=O)N5CCN(C)CC5)cc4)[nH]c23)cc1. The number of hydrogen-bond donors (Lipinski definition) is 1. The van der Waals surface area contributed by atoms with Gasteiger partial charge in [0.1, 0.15) is 11.6 Å². The van der Waals surface area contributed by atoms with Crippen LogP contribution in [0.25, 0.3) is 33.7 Å². The Labute approximate surface area is 193 Å². The summed E-state index contributed by atoms with van der Waals surface area (Å²) in [6.45, 7) is 5.96. The second-order valence-electron chi connectivity index (χ2n) is 8.27. The van der Waals surface area contributed by atoms with Crippen molar-refractivity contribution in [1.29, 1.82) is 0 Å². The summed E-state index contributed by atoms with van der Waals surface area (Å²) in [5.41, 5.74) is 5.26. The van der Waals surface area contributed by atoms with Gasteiger partial charge >= 0.3 is 0 Å². The molecule has 0 radical (unpaired) electrons. The van der Waals surface area contributed by atoms with Gasteiger partial charge in [0.15, 0.2) is 5.65 Å². The fourth-order valence-electron chi connectivity index (χ4n) is 4.15. The zero-order valence-corrected chi connectivity index (χ0v) is 18.9. The first-order valence-electron chi connectivity index (χ1n) is 11.3. The molecule has 2 aromatic heterocycles. The van der Waals surface area contributed by atoms with Crippen LogP contribution in [0.15, 0.2) is 60.8 Å². The standard InChI is InChI=1S/C26H27N5O2/c1-3-33-21-10-8-18(9-11-21)22-12-13-27-25-23(22)28-24(29-25)19-4-6-20(7-5-19)26(32)31-16-14-30(2)15-17-31/h4-13H,3,14-17H2,1-2H3,(H,27,28,29). The van der Waals surface area contributed by atoms with Gasteiger partial charge in [-0.05, 0) is 49.9 Å². The van der Waals surface area contributed by atoms with Gasteiger partial charge in [0.2, 0.25) is 0 Å². The predicted octanol–water partition coefficient (Wildman–Crippen LogP) is 4.08. The highest BCUT2D eigenvalue weighted by Gasteiger charge is 2.20. The van der Waals surface area contributed by atoms with Gasteiger partial charge < -0.3 is 19.5 Å². The maximum Gasteiger partial charge on any atom is 0.253 e. The topological polar surface area (TPSA) is 74.4 Å². The van der Waals surface area contributed by atoms with Crippen molar-refractivity contribution < 1.29 is 9.53 Å². The number of nitrogens with one attached hydrogen (secondary N) is 1. The highest BCUT2D eigenvalue weighted by molar-refractivity contribution is 5.95. The van der Waals surface area contributed by atoms with E-state index >= 15 is 0 Å². The lowest BCUT2D eigenvalue weighted by atomic mass is 10.1. The van der Waals surface area contributed by atoms with Gasteiger partial charge in [0.05, 0.1) is 12.1 Å². The van der Waals surface area contributed by atoms with Crippen LogP contribution in [0, 0.1) is 0 Å². The molecule has 7 nitrogen and oxygen atoms in total. The molecule has 1 amide bonds. The van der Waals surface area contributed by atoms with Crippen molar-refractivity contribution in [2.45, 2.75) is 6.92 Å². The quantitative estimate of drug-likeness (QED) is 0.505. The first-order valence-corrected chi connectivity index (χ1v) is 11.3. The highest BCUT2D eigenvalue weighted by Crippen LogP contribution is 2.30. The number of nitrogens with zero attached hydrogens (tertiary/aromatic N) is 4. The number of ether oxygens (including phenoxy) is 1. The van der Waals surface area contributed by atoms with E-state index in [-0.39, 0.29) is 5.91 Å². The van der Waals surface area contributed by atoms with Crippen LogP contribution in [0.2, 0.25) is 0 Å². The summed E-state index contributed by atoms with van der Waals surface area (Å²) < 4.78 is 5.55. The summed E-state index contributed by atoms with van der Waals surface area (Å²) in [7, 11) is 2.08. The number of benzene rings is 2. The number of fused-ring (bicyclic) bond motifs is 1. The second-order valence-corrected chi connectivity index (χ2v) is 8.27. The third-order valence-electron chi connectivity index (χ3n) is 6.06. The van der Waals surface area contributed by atoms with E-state index in [2.05, 4.69) is 21.9 Å². The lowest BCUT2D eigenvalue weighted by molar-refractivity contribution is 0.0664. The fraction of sp³-hybridized carbons (Fsp3) is 0.269. The summed E-state index contributed by atoms with van der Waals surface area (Å²) in [5.74, 6) is 1.66. The Morgan fingerprint density at radius 1 is 0.970 bits per heavy atom. The van der Waals surface area contributed by atoms with E-state index in [1.165, 1.54) is 0 Å². The molecule has 1 saturated heterocycles. The van der Waals surface area contributed by atoms with Crippen LogP contribution in [0.5, 0.6) is 5.75 Å². The van der Waals surface area contributed by atoms with Crippen LogP contribution in [0.4, 0.5) is 0 Å². The van der Waals surface area contributed by atoms with Gasteiger partial charge in [-0.15, -0.1) is 0 Å². The Morgan fingerprint density at radius 3 is 2.36 bits per heavy atom. The molecule has 0 atom stereocenters. The molecule has 33 heavy (non-hydrogen) atoms. The minimum absolute atomic E-state index is 0.0821. The molecular formula is C26H27N5O2. The maximum absolute atomic E-state index is 12.8. The highest BCUT2D eigenvalue weighted by atomic mass is 16.5. The van der Waals surface area contributed by atoms with Crippen molar-refractivity contribution >= 4 is 17.1 Å². The maximum atomic E-state index is 12.8. The van der Waals surface area contributed by atoms with Crippen LogP contribution in [-0.2, 0) is 0 Å². The van der Waals surface area contributed by atoms with Gasteiger partial charge in [0.25, 0.3) is 5.91 Å². The number of aromatic nitrogens is 3. The largest absolute Gasteiger partial charge is 0.494 e. The summed E-state index contributed by atoms with van der Waals surface area (Å²) >= 11 is 0. The number of aromatic amines is 1. The number of rotatable bonds is 5. The molecule has 5 rings (SSSR count). The van der Waals surface area contributed by atoms with Crippen molar-refractivity contribution in [3.63, 3.8) is 0 Å². The van der Waals surface area contributed by atoms with Crippen molar-refractivity contribution in [2.75, 3.05) is 39.8 Å². The normalized spacial score (nSPS) is 14.5. The molecule has 0 unspecified atom stereocenters. The van der Waals surface area contributed by atoms with E-state index in [0.29, 0.717) is 17.8 Å². The van der Waals surface area contributed by atoms with E-state index in [1.807, 2.05) is 66.4 Å².